The Bertz CT molecular complexity index is 335. The van der Waals surface area contributed by atoms with Gasteiger partial charge in [-0.1, -0.05) is 26.0 Å². The summed E-state index contributed by atoms with van der Waals surface area (Å²) in [7, 11) is 0. The van der Waals surface area contributed by atoms with Crippen molar-refractivity contribution in [2.24, 2.45) is 5.92 Å². The molecular formula is C17H33Cl2N3O. The summed E-state index contributed by atoms with van der Waals surface area (Å²) in [5.74, 6) is 0.618. The molecule has 2 atom stereocenters. The topological polar surface area (TPSA) is 44.4 Å². The van der Waals surface area contributed by atoms with Crippen LogP contribution < -0.4 is 10.6 Å². The second kappa shape index (κ2) is 13.8. The molecule has 1 saturated heterocycles. The van der Waals surface area contributed by atoms with Crippen molar-refractivity contribution in [1.82, 2.24) is 15.5 Å². The average molecular weight is 366 g/mol. The van der Waals surface area contributed by atoms with Crippen molar-refractivity contribution in [3.05, 3.63) is 25.3 Å². The third-order valence-corrected chi connectivity index (χ3v) is 4.07. The minimum absolute atomic E-state index is 0. The van der Waals surface area contributed by atoms with Gasteiger partial charge < -0.3 is 10.6 Å². The van der Waals surface area contributed by atoms with Gasteiger partial charge in [-0.3, -0.25) is 9.69 Å². The molecule has 4 nitrogen and oxygen atoms in total. The number of halogens is 2. The second-order valence-corrected chi connectivity index (χ2v) is 6.14. The van der Waals surface area contributed by atoms with Crippen molar-refractivity contribution < 1.29 is 4.79 Å². The highest BCUT2D eigenvalue weighted by molar-refractivity contribution is 5.85. The molecule has 1 aliphatic rings. The van der Waals surface area contributed by atoms with Gasteiger partial charge in [0.2, 0.25) is 5.91 Å². The highest BCUT2D eigenvalue weighted by Gasteiger charge is 2.22. The first kappa shape index (κ1) is 24.7. The predicted molar refractivity (Wildman–Crippen MR) is 104 cm³/mol. The molecule has 0 aromatic heterocycles. The van der Waals surface area contributed by atoms with Gasteiger partial charge in [-0.2, -0.15) is 0 Å². The van der Waals surface area contributed by atoms with E-state index in [-0.39, 0.29) is 30.7 Å². The summed E-state index contributed by atoms with van der Waals surface area (Å²) in [4.78, 5) is 14.4. The molecule has 2 unspecified atom stereocenters. The van der Waals surface area contributed by atoms with E-state index in [0.29, 0.717) is 31.0 Å². The first-order valence-electron chi connectivity index (χ1n) is 8.04. The summed E-state index contributed by atoms with van der Waals surface area (Å²) in [5.41, 5.74) is 0. The van der Waals surface area contributed by atoms with Crippen molar-refractivity contribution >= 4 is 30.7 Å². The molecule has 2 N–H and O–H groups in total. The van der Waals surface area contributed by atoms with E-state index in [1.54, 1.807) is 0 Å². The Balaban J connectivity index is 0. The lowest BCUT2D eigenvalue weighted by Crippen LogP contribution is -2.47. The minimum Gasteiger partial charge on any atom is -0.354 e. The van der Waals surface area contributed by atoms with Crippen LogP contribution in [0.15, 0.2) is 25.3 Å². The molecule has 0 bridgehead atoms. The van der Waals surface area contributed by atoms with Crippen molar-refractivity contribution in [3.8, 4) is 0 Å². The largest absolute Gasteiger partial charge is 0.354 e. The molecule has 0 aromatic rings. The fourth-order valence-electron chi connectivity index (χ4n) is 2.91. The average Bonchev–Trinajstić information content (AvgIpc) is 2.91. The molecule has 1 heterocycles. The zero-order chi connectivity index (χ0) is 15.7. The molecule has 1 amide bonds. The molecule has 1 aliphatic heterocycles. The molecule has 6 heteroatoms. The maximum Gasteiger partial charge on any atom is 0.221 e. The molecule has 0 saturated carbocycles. The number of amides is 1. The van der Waals surface area contributed by atoms with E-state index in [1.807, 2.05) is 12.2 Å². The molecule has 0 aliphatic carbocycles. The van der Waals surface area contributed by atoms with E-state index in [2.05, 4.69) is 42.5 Å². The highest BCUT2D eigenvalue weighted by Crippen LogP contribution is 2.12. The van der Waals surface area contributed by atoms with Crippen LogP contribution in [-0.2, 0) is 4.79 Å². The van der Waals surface area contributed by atoms with E-state index in [1.165, 1.54) is 6.42 Å². The highest BCUT2D eigenvalue weighted by atomic mass is 35.5. The van der Waals surface area contributed by atoms with Crippen molar-refractivity contribution in [3.63, 3.8) is 0 Å². The molecule has 0 aromatic carbocycles. The van der Waals surface area contributed by atoms with Crippen LogP contribution in [-0.4, -0.2) is 49.1 Å². The number of carbonyl (C=O) groups is 1. The van der Waals surface area contributed by atoms with Crippen LogP contribution in [0.2, 0.25) is 0 Å². The molecule has 0 spiro atoms. The summed E-state index contributed by atoms with van der Waals surface area (Å²) >= 11 is 0. The number of nitrogens with zero attached hydrogens (tertiary/aromatic N) is 1. The second-order valence-electron chi connectivity index (χ2n) is 6.14. The lowest BCUT2D eigenvalue weighted by molar-refractivity contribution is -0.121. The SMILES string of the molecule is C=CCN(CC=C)C(CNC(=O)CC1CCCN1)C(C)C.Cl.Cl. The van der Waals surface area contributed by atoms with E-state index >= 15 is 0 Å². The molecule has 136 valence electrons. The third-order valence-electron chi connectivity index (χ3n) is 4.07. The maximum atomic E-state index is 12.1. The zero-order valence-electron chi connectivity index (χ0n) is 14.4. The van der Waals surface area contributed by atoms with Crippen molar-refractivity contribution in [2.45, 2.75) is 45.2 Å². The Morgan fingerprint density at radius 2 is 1.91 bits per heavy atom. The van der Waals surface area contributed by atoms with Crippen LogP contribution in [0, 0.1) is 5.92 Å². The van der Waals surface area contributed by atoms with E-state index in [0.717, 1.165) is 26.1 Å². The van der Waals surface area contributed by atoms with Crippen LogP contribution in [0.25, 0.3) is 0 Å². The van der Waals surface area contributed by atoms with E-state index in [9.17, 15) is 4.79 Å². The predicted octanol–water partition coefficient (Wildman–Crippen LogP) is 2.79. The lowest BCUT2D eigenvalue weighted by Gasteiger charge is -2.33. The normalized spacial score (nSPS) is 18.0. The number of carbonyl (C=O) groups excluding carboxylic acids is 1. The Kier molecular flexibility index (Phi) is 14.9. The van der Waals surface area contributed by atoms with Gasteiger partial charge in [-0.05, 0) is 25.3 Å². The molecular weight excluding hydrogens is 333 g/mol. The number of rotatable bonds is 10. The van der Waals surface area contributed by atoms with Gasteiger partial charge in [0.25, 0.3) is 0 Å². The van der Waals surface area contributed by atoms with Crippen LogP contribution in [0.1, 0.15) is 33.1 Å². The smallest absolute Gasteiger partial charge is 0.221 e. The minimum atomic E-state index is 0. The quantitative estimate of drug-likeness (QED) is 0.585. The van der Waals surface area contributed by atoms with Gasteiger partial charge in [0, 0.05) is 38.1 Å². The standard InChI is InChI=1S/C17H31N3O.2ClH/c1-5-10-20(11-6-2)16(14(3)4)13-19-17(21)12-15-8-7-9-18-15;;/h5-6,14-16,18H,1-2,7-13H2,3-4H3,(H,19,21);2*1H. The Morgan fingerprint density at radius 3 is 2.35 bits per heavy atom. The summed E-state index contributed by atoms with van der Waals surface area (Å²) in [6.07, 6.45) is 6.69. The third kappa shape index (κ3) is 9.36. The molecule has 1 fully saturated rings. The van der Waals surface area contributed by atoms with Crippen molar-refractivity contribution in [2.75, 3.05) is 26.2 Å². The van der Waals surface area contributed by atoms with Gasteiger partial charge in [-0.25, -0.2) is 0 Å². The maximum absolute atomic E-state index is 12.1. The van der Waals surface area contributed by atoms with Gasteiger partial charge >= 0.3 is 0 Å². The summed E-state index contributed by atoms with van der Waals surface area (Å²) in [5, 5.41) is 6.46. The van der Waals surface area contributed by atoms with Gasteiger partial charge in [0.1, 0.15) is 0 Å². The number of hydrogen-bond donors (Lipinski definition) is 2. The summed E-state index contributed by atoms with van der Waals surface area (Å²) in [6, 6.07) is 0.668. The number of nitrogens with one attached hydrogen (secondary N) is 2. The number of hydrogen-bond acceptors (Lipinski definition) is 3. The van der Waals surface area contributed by atoms with Gasteiger partial charge in [0.05, 0.1) is 0 Å². The fraction of sp³-hybridized carbons (Fsp3) is 0.706. The lowest BCUT2D eigenvalue weighted by atomic mass is 10.0. The van der Waals surface area contributed by atoms with Crippen LogP contribution in [0.4, 0.5) is 0 Å². The molecule has 0 radical (unpaired) electrons. The Morgan fingerprint density at radius 1 is 1.30 bits per heavy atom. The molecule has 1 rings (SSSR count). The Hall–Kier alpha value is -0.550. The van der Waals surface area contributed by atoms with Crippen molar-refractivity contribution in [1.29, 1.82) is 0 Å². The summed E-state index contributed by atoms with van der Waals surface area (Å²) < 4.78 is 0. The monoisotopic (exact) mass is 365 g/mol. The van der Waals surface area contributed by atoms with Crippen LogP contribution in [0.5, 0.6) is 0 Å². The van der Waals surface area contributed by atoms with E-state index < -0.39 is 0 Å². The molecule has 23 heavy (non-hydrogen) atoms. The Labute approximate surface area is 154 Å². The van der Waals surface area contributed by atoms with Gasteiger partial charge in [0.15, 0.2) is 0 Å². The first-order chi connectivity index (χ1) is 10.1. The van der Waals surface area contributed by atoms with E-state index in [4.69, 9.17) is 0 Å². The van der Waals surface area contributed by atoms with Crippen LogP contribution >= 0.6 is 24.8 Å². The zero-order valence-corrected chi connectivity index (χ0v) is 16.1. The first-order valence-corrected chi connectivity index (χ1v) is 8.04. The van der Waals surface area contributed by atoms with Gasteiger partial charge in [-0.15, -0.1) is 38.0 Å². The van der Waals surface area contributed by atoms with Crippen LogP contribution in [0.3, 0.4) is 0 Å². The fourth-order valence-corrected chi connectivity index (χ4v) is 2.91. The summed E-state index contributed by atoms with van der Waals surface area (Å²) in [6.45, 7) is 15.4.